The molecule has 0 aliphatic rings. The Morgan fingerprint density at radius 3 is 2.70 bits per heavy atom. The number of para-hydroxylation sites is 1. The van der Waals surface area contributed by atoms with Gasteiger partial charge in [0.2, 0.25) is 10.0 Å². The number of nitrogens with one attached hydrogen (secondary N) is 1. The molecular formula is C19H17ClN2O3S2. The third kappa shape index (κ3) is 3.96. The van der Waals surface area contributed by atoms with Gasteiger partial charge in [0.15, 0.2) is 0 Å². The zero-order valence-electron chi connectivity index (χ0n) is 14.7. The number of nitrogens with zero attached hydrogens (tertiary/aromatic N) is 1. The summed E-state index contributed by atoms with van der Waals surface area (Å²) in [5.41, 5.74) is 2.46. The maximum Gasteiger partial charge on any atom is 0.240 e. The van der Waals surface area contributed by atoms with Crippen LogP contribution in [0.2, 0.25) is 5.02 Å². The van der Waals surface area contributed by atoms with Gasteiger partial charge in [-0.05, 0) is 38.2 Å². The van der Waals surface area contributed by atoms with Crippen molar-refractivity contribution >= 4 is 50.1 Å². The van der Waals surface area contributed by atoms with Crippen molar-refractivity contribution in [2.75, 3.05) is 7.05 Å². The minimum Gasteiger partial charge on any atom is -0.487 e. The van der Waals surface area contributed by atoms with Gasteiger partial charge in [-0.15, -0.1) is 0 Å². The van der Waals surface area contributed by atoms with Crippen molar-refractivity contribution in [3.05, 3.63) is 64.3 Å². The van der Waals surface area contributed by atoms with Crippen molar-refractivity contribution in [1.29, 1.82) is 0 Å². The Labute approximate surface area is 168 Å². The van der Waals surface area contributed by atoms with Crippen molar-refractivity contribution in [2.45, 2.75) is 18.4 Å². The van der Waals surface area contributed by atoms with Crippen LogP contribution in [-0.4, -0.2) is 25.8 Å². The molecule has 140 valence electrons. The number of aryl methyl sites for hydroxylation is 1. The lowest BCUT2D eigenvalue weighted by Crippen LogP contribution is -2.21. The quantitative estimate of drug-likeness (QED) is 0.610. The van der Waals surface area contributed by atoms with Crippen LogP contribution in [0.4, 0.5) is 0 Å². The van der Waals surface area contributed by atoms with E-state index in [0.29, 0.717) is 21.9 Å². The van der Waals surface area contributed by atoms with Crippen LogP contribution >= 0.6 is 23.8 Å². The van der Waals surface area contributed by atoms with Gasteiger partial charge in [0, 0.05) is 32.6 Å². The summed E-state index contributed by atoms with van der Waals surface area (Å²) in [6, 6.07) is 12.5. The van der Waals surface area contributed by atoms with E-state index in [4.69, 9.17) is 28.6 Å². The Balaban J connectivity index is 2.03. The fourth-order valence-corrected chi connectivity index (χ4v) is 4.22. The summed E-state index contributed by atoms with van der Waals surface area (Å²) in [5, 5.41) is 2.64. The van der Waals surface area contributed by atoms with E-state index in [9.17, 15) is 8.42 Å². The Bertz CT molecular complexity index is 1130. The lowest BCUT2D eigenvalue weighted by atomic mass is 10.1. The average Bonchev–Trinajstić information content (AvgIpc) is 2.66. The molecule has 0 fully saturated rings. The summed E-state index contributed by atoms with van der Waals surface area (Å²) in [5.74, 6) is 0.587. The number of ether oxygens (including phenoxy) is 1. The first kappa shape index (κ1) is 19.7. The molecule has 1 aromatic heterocycles. The molecule has 0 spiro atoms. The number of halogens is 1. The topological polar surface area (TPSA) is 68.3 Å². The van der Waals surface area contributed by atoms with Crippen molar-refractivity contribution in [3.8, 4) is 5.75 Å². The summed E-state index contributed by atoms with van der Waals surface area (Å²) >= 11 is 11.4. The van der Waals surface area contributed by atoms with Gasteiger partial charge in [-0.1, -0.05) is 42.0 Å². The molecule has 0 amide bonds. The number of sulfonamides is 1. The Morgan fingerprint density at radius 2 is 2.00 bits per heavy atom. The van der Waals surface area contributed by atoms with Gasteiger partial charge in [0.25, 0.3) is 0 Å². The Morgan fingerprint density at radius 1 is 1.22 bits per heavy atom. The fraction of sp³-hybridized carbons (Fsp3) is 0.158. The predicted molar refractivity (Wildman–Crippen MR) is 111 cm³/mol. The van der Waals surface area contributed by atoms with Crippen LogP contribution in [0.25, 0.3) is 10.9 Å². The lowest BCUT2D eigenvalue weighted by molar-refractivity contribution is 0.309. The van der Waals surface area contributed by atoms with Gasteiger partial charge in [0.1, 0.15) is 17.9 Å². The van der Waals surface area contributed by atoms with Gasteiger partial charge < -0.3 is 4.74 Å². The van der Waals surface area contributed by atoms with Gasteiger partial charge in [-0.25, -0.2) is 18.1 Å². The van der Waals surface area contributed by atoms with Gasteiger partial charge in [-0.3, -0.25) is 0 Å². The number of hydrogen-bond donors (Lipinski definition) is 1. The number of aromatic nitrogens is 1. The molecule has 27 heavy (non-hydrogen) atoms. The number of hydrogen-bond acceptors (Lipinski definition) is 5. The van der Waals surface area contributed by atoms with Gasteiger partial charge in [0.05, 0.1) is 4.90 Å². The minimum atomic E-state index is -3.68. The van der Waals surface area contributed by atoms with Crippen LogP contribution in [0.15, 0.2) is 47.4 Å². The van der Waals surface area contributed by atoms with Gasteiger partial charge in [-0.2, -0.15) is 0 Å². The van der Waals surface area contributed by atoms with Crippen molar-refractivity contribution in [2.24, 2.45) is 0 Å². The molecule has 5 nitrogen and oxygen atoms in total. The molecule has 1 heterocycles. The first-order chi connectivity index (χ1) is 12.9. The van der Waals surface area contributed by atoms with Crippen molar-refractivity contribution in [3.63, 3.8) is 0 Å². The van der Waals surface area contributed by atoms with E-state index in [1.165, 1.54) is 24.5 Å². The molecular weight excluding hydrogens is 404 g/mol. The maximum atomic E-state index is 12.3. The van der Waals surface area contributed by atoms with Crippen LogP contribution in [0.3, 0.4) is 0 Å². The monoisotopic (exact) mass is 420 g/mol. The van der Waals surface area contributed by atoms with Crippen LogP contribution < -0.4 is 9.46 Å². The third-order valence-electron chi connectivity index (χ3n) is 4.13. The first-order valence-electron chi connectivity index (χ1n) is 8.06. The number of benzene rings is 2. The zero-order chi connectivity index (χ0) is 19.6. The third-order valence-corrected chi connectivity index (χ3v) is 6.19. The van der Waals surface area contributed by atoms with Crippen molar-refractivity contribution in [1.82, 2.24) is 9.71 Å². The highest BCUT2D eigenvalue weighted by Crippen LogP contribution is 2.29. The predicted octanol–water partition coefficient (Wildman–Crippen LogP) is 4.03. The van der Waals surface area contributed by atoms with E-state index in [1.807, 2.05) is 37.3 Å². The van der Waals surface area contributed by atoms with E-state index in [-0.39, 0.29) is 11.5 Å². The number of pyridine rings is 1. The van der Waals surface area contributed by atoms with Crippen molar-refractivity contribution < 1.29 is 13.2 Å². The highest BCUT2D eigenvalue weighted by atomic mass is 35.5. The maximum absolute atomic E-state index is 12.3. The molecule has 0 unspecified atom stereocenters. The van der Waals surface area contributed by atoms with Crippen LogP contribution in [0.5, 0.6) is 5.75 Å². The average molecular weight is 421 g/mol. The number of rotatable bonds is 6. The van der Waals surface area contributed by atoms with Gasteiger partial charge >= 0.3 is 0 Å². The fourth-order valence-electron chi connectivity index (χ4n) is 2.72. The molecule has 0 bridgehead atoms. The molecule has 3 aromatic rings. The second-order valence-electron chi connectivity index (χ2n) is 5.83. The highest BCUT2D eigenvalue weighted by Gasteiger charge is 2.20. The normalized spacial score (nSPS) is 11.5. The van der Waals surface area contributed by atoms with E-state index in [0.717, 1.165) is 16.6 Å². The van der Waals surface area contributed by atoms with E-state index in [2.05, 4.69) is 9.71 Å². The smallest absolute Gasteiger partial charge is 0.240 e. The molecule has 0 aliphatic heterocycles. The zero-order valence-corrected chi connectivity index (χ0v) is 17.1. The van der Waals surface area contributed by atoms with E-state index < -0.39 is 10.0 Å². The molecule has 3 rings (SSSR count). The highest BCUT2D eigenvalue weighted by molar-refractivity contribution is 7.89. The number of thiocarbonyl (C=S) groups is 1. The second-order valence-corrected chi connectivity index (χ2v) is 8.33. The summed E-state index contributed by atoms with van der Waals surface area (Å²) < 4.78 is 32.8. The Kier molecular flexibility index (Phi) is 5.76. The van der Waals surface area contributed by atoms with Crippen LogP contribution in [0, 0.1) is 6.92 Å². The van der Waals surface area contributed by atoms with Crippen LogP contribution in [0.1, 0.15) is 16.8 Å². The largest absolute Gasteiger partial charge is 0.487 e. The summed E-state index contributed by atoms with van der Waals surface area (Å²) in [4.78, 5) is 4.60. The standard InChI is InChI=1S/C19H17ClN2O3S2/c1-12-6-7-13-4-3-5-17(19(13)22-12)25-10-14-15(11-26)18(9-8-16(14)20)27(23,24)21-2/h3-9,11,21H,10H2,1-2H3. The van der Waals surface area contributed by atoms with Crippen LogP contribution in [-0.2, 0) is 16.6 Å². The van der Waals surface area contributed by atoms with E-state index in [1.54, 1.807) is 0 Å². The molecule has 0 saturated heterocycles. The Hall–Kier alpha value is -2.06. The molecule has 0 radical (unpaired) electrons. The lowest BCUT2D eigenvalue weighted by Gasteiger charge is -2.15. The summed E-state index contributed by atoms with van der Waals surface area (Å²) in [6.45, 7) is 1.96. The number of fused-ring (bicyclic) bond motifs is 1. The first-order valence-corrected chi connectivity index (χ1v) is 10.4. The minimum absolute atomic E-state index is 0.0586. The molecule has 1 N–H and O–H groups in total. The molecule has 0 atom stereocenters. The van der Waals surface area contributed by atoms with E-state index >= 15 is 0 Å². The second kappa shape index (κ2) is 7.90. The molecule has 0 aliphatic carbocycles. The molecule has 2 aromatic carbocycles. The molecule has 8 heteroatoms. The summed E-state index contributed by atoms with van der Waals surface area (Å²) in [6.07, 6.45) is 0. The summed E-state index contributed by atoms with van der Waals surface area (Å²) in [7, 11) is -2.33. The SMILES string of the molecule is CNS(=O)(=O)c1ccc(Cl)c(COc2cccc3ccc(C)nc23)c1C=S. The molecule has 0 saturated carbocycles.